The van der Waals surface area contributed by atoms with Gasteiger partial charge in [0.15, 0.2) is 5.69 Å². The van der Waals surface area contributed by atoms with Crippen molar-refractivity contribution < 1.29 is 40.6 Å². The van der Waals surface area contributed by atoms with Crippen LogP contribution < -0.4 is 4.74 Å². The van der Waals surface area contributed by atoms with E-state index in [9.17, 15) is 31.1 Å². The summed E-state index contributed by atoms with van der Waals surface area (Å²) in [4.78, 5) is 14.5. The van der Waals surface area contributed by atoms with Crippen molar-refractivity contribution in [1.82, 2.24) is 4.98 Å². The summed E-state index contributed by atoms with van der Waals surface area (Å²) >= 11 is 5.41. The number of carbonyl (C=O) groups is 1. The zero-order valence-corrected chi connectivity index (χ0v) is 12.3. The van der Waals surface area contributed by atoms with Gasteiger partial charge in [-0.05, 0) is 6.92 Å². The van der Waals surface area contributed by atoms with Gasteiger partial charge in [-0.1, -0.05) is 0 Å². The fourth-order valence-electron chi connectivity index (χ4n) is 1.68. The minimum absolute atomic E-state index is 0.154. The van der Waals surface area contributed by atoms with E-state index >= 15 is 0 Å². The SMILES string of the molecule is CCOC(=O)Cc1c(C(F)(F)F)ncc(CCl)c1OC(F)(F)F. The standard InChI is InChI=1S/C12H10ClF6NO3/c1-2-22-8(21)3-7-9(23-12(17,18)19)6(4-13)5-20-10(7)11(14,15)16/h5H,2-4H2,1H3. The lowest BCUT2D eigenvalue weighted by atomic mass is 10.1. The summed E-state index contributed by atoms with van der Waals surface area (Å²) in [6.45, 7) is 1.24. The summed E-state index contributed by atoms with van der Waals surface area (Å²) in [5.41, 5.74) is -3.18. The van der Waals surface area contributed by atoms with E-state index in [2.05, 4.69) is 14.5 Å². The summed E-state index contributed by atoms with van der Waals surface area (Å²) in [7, 11) is 0. The van der Waals surface area contributed by atoms with Crippen LogP contribution in [0.15, 0.2) is 6.20 Å². The second-order valence-electron chi connectivity index (χ2n) is 4.10. The van der Waals surface area contributed by atoms with Gasteiger partial charge in [0.1, 0.15) is 5.75 Å². The van der Waals surface area contributed by atoms with Gasteiger partial charge < -0.3 is 9.47 Å². The Balaban J connectivity index is 3.50. The largest absolute Gasteiger partial charge is 0.573 e. The molecule has 0 saturated heterocycles. The average molecular weight is 366 g/mol. The lowest BCUT2D eigenvalue weighted by Gasteiger charge is -2.19. The topological polar surface area (TPSA) is 48.4 Å². The van der Waals surface area contributed by atoms with Crippen LogP contribution in [0.1, 0.15) is 23.7 Å². The van der Waals surface area contributed by atoms with Crippen molar-refractivity contribution in [2.75, 3.05) is 6.61 Å². The molecule has 0 N–H and O–H groups in total. The van der Waals surface area contributed by atoms with E-state index in [0.717, 1.165) is 0 Å². The molecule has 0 unspecified atom stereocenters. The van der Waals surface area contributed by atoms with Crippen LogP contribution in [0.5, 0.6) is 5.75 Å². The molecular weight excluding hydrogens is 356 g/mol. The average Bonchev–Trinajstić information content (AvgIpc) is 2.37. The predicted octanol–water partition coefficient (Wildman–Crippen LogP) is 3.84. The van der Waals surface area contributed by atoms with E-state index in [-0.39, 0.29) is 6.61 Å². The minimum Gasteiger partial charge on any atom is -0.466 e. The first kappa shape index (κ1) is 19.3. The third-order valence-corrected chi connectivity index (χ3v) is 2.75. The van der Waals surface area contributed by atoms with E-state index in [1.807, 2.05) is 0 Å². The third kappa shape index (κ3) is 5.45. The molecule has 0 radical (unpaired) electrons. The summed E-state index contributed by atoms with van der Waals surface area (Å²) in [5.74, 6) is -2.94. The number of aromatic nitrogens is 1. The van der Waals surface area contributed by atoms with E-state index in [4.69, 9.17) is 11.6 Å². The van der Waals surface area contributed by atoms with Crippen molar-refractivity contribution in [3.8, 4) is 5.75 Å². The fourth-order valence-corrected chi connectivity index (χ4v) is 1.87. The maximum absolute atomic E-state index is 12.9. The molecule has 0 aliphatic carbocycles. The molecule has 0 aliphatic rings. The number of hydrogen-bond acceptors (Lipinski definition) is 4. The van der Waals surface area contributed by atoms with Crippen molar-refractivity contribution in [3.05, 3.63) is 23.0 Å². The summed E-state index contributed by atoms with van der Waals surface area (Å²) in [6, 6.07) is 0. The Morgan fingerprint density at radius 2 is 1.87 bits per heavy atom. The van der Waals surface area contributed by atoms with Crippen molar-refractivity contribution in [1.29, 1.82) is 0 Å². The maximum atomic E-state index is 12.9. The van der Waals surface area contributed by atoms with Crippen molar-refractivity contribution in [3.63, 3.8) is 0 Å². The number of ether oxygens (including phenoxy) is 2. The Labute approximate surface area is 131 Å². The fraction of sp³-hybridized carbons (Fsp3) is 0.500. The van der Waals surface area contributed by atoms with Crippen LogP contribution >= 0.6 is 11.6 Å². The van der Waals surface area contributed by atoms with Crippen molar-refractivity contribution >= 4 is 17.6 Å². The van der Waals surface area contributed by atoms with Crippen LogP contribution in [-0.2, 0) is 28.0 Å². The van der Waals surface area contributed by atoms with Crippen molar-refractivity contribution in [2.45, 2.75) is 31.8 Å². The summed E-state index contributed by atoms with van der Waals surface area (Å²) in [5, 5.41) is 0. The maximum Gasteiger partial charge on any atom is 0.573 e. The van der Waals surface area contributed by atoms with E-state index in [0.29, 0.717) is 6.20 Å². The molecule has 130 valence electrons. The Bertz CT molecular complexity index is 573. The molecular formula is C12H10ClF6NO3. The molecule has 1 heterocycles. The number of nitrogens with zero attached hydrogens (tertiary/aromatic N) is 1. The van der Waals surface area contributed by atoms with Gasteiger partial charge in [-0.3, -0.25) is 9.78 Å². The summed E-state index contributed by atoms with van der Waals surface area (Å²) < 4.78 is 84.4. The predicted molar refractivity (Wildman–Crippen MR) is 65.8 cm³/mol. The highest BCUT2D eigenvalue weighted by atomic mass is 35.5. The molecule has 0 fully saturated rings. The Morgan fingerprint density at radius 1 is 1.26 bits per heavy atom. The molecule has 0 atom stereocenters. The highest BCUT2D eigenvalue weighted by molar-refractivity contribution is 6.17. The van der Waals surface area contributed by atoms with Gasteiger partial charge in [0, 0.05) is 17.3 Å². The number of alkyl halides is 7. The molecule has 1 rings (SSSR count). The lowest BCUT2D eigenvalue weighted by molar-refractivity contribution is -0.275. The lowest BCUT2D eigenvalue weighted by Crippen LogP contribution is -2.23. The first-order chi connectivity index (χ1) is 10.5. The molecule has 1 aromatic rings. The quantitative estimate of drug-likeness (QED) is 0.452. The number of carbonyl (C=O) groups excluding carboxylic acids is 1. The van der Waals surface area contributed by atoms with E-state index in [1.54, 1.807) is 0 Å². The number of pyridine rings is 1. The second-order valence-corrected chi connectivity index (χ2v) is 4.37. The first-order valence-electron chi connectivity index (χ1n) is 6.04. The number of hydrogen-bond donors (Lipinski definition) is 0. The Kier molecular flexibility index (Phi) is 6.09. The highest BCUT2D eigenvalue weighted by Crippen LogP contribution is 2.39. The van der Waals surface area contributed by atoms with Gasteiger partial charge in [-0.15, -0.1) is 24.8 Å². The second kappa shape index (κ2) is 7.24. The van der Waals surface area contributed by atoms with E-state index in [1.165, 1.54) is 6.92 Å². The van der Waals surface area contributed by atoms with Crippen LogP contribution in [0.4, 0.5) is 26.3 Å². The van der Waals surface area contributed by atoms with E-state index < -0.39 is 53.4 Å². The number of halogens is 7. The molecule has 0 amide bonds. The van der Waals surface area contributed by atoms with Crippen molar-refractivity contribution in [2.24, 2.45) is 0 Å². The van der Waals surface area contributed by atoms with Gasteiger partial charge in [0.05, 0.1) is 18.9 Å². The number of esters is 1. The first-order valence-corrected chi connectivity index (χ1v) is 6.58. The van der Waals surface area contributed by atoms with Gasteiger partial charge in [-0.2, -0.15) is 13.2 Å². The van der Waals surface area contributed by atoms with Crippen LogP contribution in [0.25, 0.3) is 0 Å². The number of rotatable bonds is 5. The normalized spacial score (nSPS) is 12.2. The molecule has 0 bridgehead atoms. The molecule has 0 saturated carbocycles. The smallest absolute Gasteiger partial charge is 0.466 e. The van der Waals surface area contributed by atoms with Crippen LogP contribution in [0.2, 0.25) is 0 Å². The zero-order valence-electron chi connectivity index (χ0n) is 11.5. The third-order valence-electron chi connectivity index (χ3n) is 2.46. The molecule has 0 aromatic carbocycles. The molecule has 4 nitrogen and oxygen atoms in total. The zero-order chi connectivity index (χ0) is 17.8. The molecule has 23 heavy (non-hydrogen) atoms. The van der Waals surface area contributed by atoms with Gasteiger partial charge >= 0.3 is 18.5 Å². The minimum atomic E-state index is -5.27. The molecule has 1 aromatic heterocycles. The highest BCUT2D eigenvalue weighted by Gasteiger charge is 2.41. The molecule has 11 heteroatoms. The van der Waals surface area contributed by atoms with Crippen LogP contribution in [-0.4, -0.2) is 23.9 Å². The van der Waals surface area contributed by atoms with Gasteiger partial charge in [0.25, 0.3) is 0 Å². The van der Waals surface area contributed by atoms with Gasteiger partial charge in [0.2, 0.25) is 0 Å². The molecule has 0 aliphatic heterocycles. The Hall–Kier alpha value is -1.71. The Morgan fingerprint density at radius 3 is 2.30 bits per heavy atom. The summed E-state index contributed by atoms with van der Waals surface area (Å²) in [6.07, 6.45) is -10.9. The molecule has 0 spiro atoms. The van der Waals surface area contributed by atoms with Crippen LogP contribution in [0, 0.1) is 0 Å². The van der Waals surface area contributed by atoms with Crippen LogP contribution in [0.3, 0.4) is 0 Å². The van der Waals surface area contributed by atoms with Gasteiger partial charge in [-0.25, -0.2) is 0 Å². The monoisotopic (exact) mass is 365 g/mol.